The fourth-order valence-electron chi connectivity index (χ4n) is 13.4. The van der Waals surface area contributed by atoms with Crippen LogP contribution in [-0.4, -0.2) is 0 Å². The number of hydrogen-bond donors (Lipinski definition) is 0. The van der Waals surface area contributed by atoms with Gasteiger partial charge in [-0.25, -0.2) is 0 Å². The van der Waals surface area contributed by atoms with Gasteiger partial charge in [0, 0.05) is 22.4 Å². The Labute approximate surface area is 385 Å². The zero-order chi connectivity index (χ0) is 44.0. The lowest BCUT2D eigenvalue weighted by Gasteiger charge is -2.42. The minimum absolute atomic E-state index is 0.0519. The second-order valence-corrected chi connectivity index (χ2v) is 21.7. The van der Waals surface area contributed by atoms with E-state index in [4.69, 9.17) is 0 Å². The molecule has 1 spiro atoms. The van der Waals surface area contributed by atoms with Crippen molar-refractivity contribution in [2.75, 3.05) is 4.90 Å². The Morgan fingerprint density at radius 3 is 1.51 bits per heavy atom. The van der Waals surface area contributed by atoms with Gasteiger partial charge in [0.1, 0.15) is 0 Å². The molecule has 1 heteroatoms. The maximum absolute atomic E-state index is 2.66. The summed E-state index contributed by atoms with van der Waals surface area (Å²) in [4.78, 5) is 2.66. The average Bonchev–Trinajstić information content (AvgIpc) is 3.88. The molecule has 0 atom stereocenters. The maximum atomic E-state index is 2.66. The summed E-state index contributed by atoms with van der Waals surface area (Å²) in [6, 6.07) is 64.4. The number of rotatable bonds is 4. The highest BCUT2D eigenvalue weighted by Gasteiger charge is 2.52. The van der Waals surface area contributed by atoms with Gasteiger partial charge in [0.2, 0.25) is 0 Å². The molecule has 0 fully saturated rings. The molecule has 318 valence electrons. The fourth-order valence-corrected chi connectivity index (χ4v) is 13.4. The summed E-state index contributed by atoms with van der Waals surface area (Å²) >= 11 is 0. The second kappa shape index (κ2) is 13.6. The van der Waals surface area contributed by atoms with E-state index in [1.165, 1.54) is 149 Å². The zero-order valence-corrected chi connectivity index (χ0v) is 38.8. The number of fused-ring (bicyclic) bond motifs is 15. The van der Waals surface area contributed by atoms with Crippen LogP contribution in [0.3, 0.4) is 0 Å². The molecule has 0 aromatic heterocycles. The van der Waals surface area contributed by atoms with Crippen molar-refractivity contribution >= 4 is 17.1 Å². The Bertz CT molecular complexity index is 3270. The van der Waals surface area contributed by atoms with Gasteiger partial charge >= 0.3 is 0 Å². The number of anilines is 3. The quantitative estimate of drug-likeness (QED) is 0.171. The van der Waals surface area contributed by atoms with Crippen LogP contribution in [0.1, 0.15) is 123 Å². The predicted octanol–water partition coefficient (Wildman–Crippen LogP) is 16.7. The van der Waals surface area contributed by atoms with Gasteiger partial charge in [-0.05, 0) is 180 Å². The van der Waals surface area contributed by atoms with Crippen molar-refractivity contribution in [1.82, 2.24) is 0 Å². The van der Waals surface area contributed by atoms with Gasteiger partial charge in [-0.1, -0.05) is 169 Å². The van der Waals surface area contributed by atoms with E-state index in [9.17, 15) is 0 Å². The highest BCUT2D eigenvalue weighted by molar-refractivity contribution is 6.00. The van der Waals surface area contributed by atoms with E-state index in [0.717, 1.165) is 6.42 Å². The molecule has 0 bridgehead atoms. The number of benzene rings is 8. The van der Waals surface area contributed by atoms with Gasteiger partial charge in [0.15, 0.2) is 0 Å². The van der Waals surface area contributed by atoms with Crippen LogP contribution in [0.5, 0.6) is 0 Å². The molecule has 0 N–H and O–H groups in total. The Kier molecular flexibility index (Phi) is 8.13. The van der Waals surface area contributed by atoms with Crippen LogP contribution in [0.25, 0.3) is 44.5 Å². The van der Waals surface area contributed by atoms with Crippen molar-refractivity contribution in [3.8, 4) is 44.5 Å². The molecule has 5 aliphatic rings. The van der Waals surface area contributed by atoms with E-state index >= 15 is 0 Å². The van der Waals surface area contributed by atoms with Crippen molar-refractivity contribution in [3.63, 3.8) is 0 Å². The summed E-state index contributed by atoms with van der Waals surface area (Å²) in [7, 11) is 0. The third-order valence-corrected chi connectivity index (χ3v) is 16.9. The van der Waals surface area contributed by atoms with Crippen molar-refractivity contribution < 1.29 is 0 Å². The molecule has 0 aliphatic heterocycles. The van der Waals surface area contributed by atoms with Crippen molar-refractivity contribution in [3.05, 3.63) is 219 Å². The SMILES string of the molecule is CC1(C)CCC(C)(C)c2cc(N(c3ccc4c(c3)C(C)(C)c3ccccc3-4)c3cc4c(cc3-c3ccc5c(c3)CCCC5)-c3ccccc3C43c4ccccc4-c4ccccc43)ccc21. The van der Waals surface area contributed by atoms with Crippen LogP contribution in [-0.2, 0) is 34.5 Å². The molecular formula is C64H57N. The van der Waals surface area contributed by atoms with Crippen LogP contribution in [0, 0.1) is 0 Å². The fraction of sp³-hybridized carbons (Fsp3) is 0.250. The summed E-state index contributed by atoms with van der Waals surface area (Å²) in [6.07, 6.45) is 7.19. The number of nitrogens with zero attached hydrogens (tertiary/aromatic N) is 1. The number of hydrogen-bond acceptors (Lipinski definition) is 1. The Morgan fingerprint density at radius 2 is 0.862 bits per heavy atom. The molecule has 65 heavy (non-hydrogen) atoms. The normalized spacial score (nSPS) is 17.8. The summed E-state index contributed by atoms with van der Waals surface area (Å²) < 4.78 is 0. The molecular weight excluding hydrogens is 783 g/mol. The largest absolute Gasteiger partial charge is 0.310 e. The number of aryl methyl sites for hydroxylation is 2. The van der Waals surface area contributed by atoms with Crippen LogP contribution in [0.2, 0.25) is 0 Å². The van der Waals surface area contributed by atoms with E-state index < -0.39 is 5.41 Å². The highest BCUT2D eigenvalue weighted by Crippen LogP contribution is 2.64. The average molecular weight is 840 g/mol. The Balaban J connectivity index is 1.15. The predicted molar refractivity (Wildman–Crippen MR) is 272 cm³/mol. The molecule has 5 aliphatic carbocycles. The standard InChI is InChI=1S/C64H57N/c1-61(2)33-34-62(3,4)59-37-44(30-32-56(59)61)65(43-29-31-49-45-19-9-13-23-52(45)63(5,6)57(49)36-43)60-39-58-51(38-50(60)42-28-27-40-17-7-8-18-41(40)35-42)48-22-12-16-26-55(48)64(58)53-24-14-10-20-46(53)47-21-11-15-25-54(47)64/h9-16,19-32,35-39H,7-8,17-18,33-34H2,1-6H3. The summed E-state index contributed by atoms with van der Waals surface area (Å²) in [5.41, 5.74) is 28.1. The van der Waals surface area contributed by atoms with Crippen LogP contribution >= 0.6 is 0 Å². The lowest BCUT2D eigenvalue weighted by Crippen LogP contribution is -2.34. The molecule has 0 heterocycles. The molecule has 0 radical (unpaired) electrons. The first-order chi connectivity index (χ1) is 31.5. The van der Waals surface area contributed by atoms with Gasteiger partial charge in [-0.2, -0.15) is 0 Å². The van der Waals surface area contributed by atoms with E-state index in [-0.39, 0.29) is 16.2 Å². The first-order valence-corrected chi connectivity index (χ1v) is 24.3. The molecule has 0 unspecified atom stereocenters. The minimum Gasteiger partial charge on any atom is -0.310 e. The molecule has 13 rings (SSSR count). The van der Waals surface area contributed by atoms with Gasteiger partial charge < -0.3 is 4.90 Å². The first kappa shape index (κ1) is 39.0. The van der Waals surface area contributed by atoms with E-state index in [1.807, 2.05) is 0 Å². The first-order valence-electron chi connectivity index (χ1n) is 24.3. The van der Waals surface area contributed by atoms with Crippen LogP contribution in [0.4, 0.5) is 17.1 Å². The molecule has 1 nitrogen and oxygen atoms in total. The van der Waals surface area contributed by atoms with Crippen LogP contribution in [0.15, 0.2) is 164 Å². The summed E-state index contributed by atoms with van der Waals surface area (Å²) in [5.74, 6) is 0. The summed E-state index contributed by atoms with van der Waals surface area (Å²) in [6.45, 7) is 14.7. The van der Waals surface area contributed by atoms with E-state index in [2.05, 4.69) is 210 Å². The van der Waals surface area contributed by atoms with Gasteiger partial charge in [0.25, 0.3) is 0 Å². The molecule has 0 saturated heterocycles. The van der Waals surface area contributed by atoms with Gasteiger partial charge in [-0.15, -0.1) is 0 Å². The zero-order valence-electron chi connectivity index (χ0n) is 38.8. The van der Waals surface area contributed by atoms with Gasteiger partial charge in [-0.3, -0.25) is 0 Å². The van der Waals surface area contributed by atoms with Crippen LogP contribution < -0.4 is 4.90 Å². The monoisotopic (exact) mass is 839 g/mol. The third-order valence-electron chi connectivity index (χ3n) is 16.9. The molecule has 8 aromatic rings. The van der Waals surface area contributed by atoms with Crippen molar-refractivity contribution in [1.29, 1.82) is 0 Å². The topological polar surface area (TPSA) is 3.24 Å². The molecule has 0 saturated carbocycles. The lowest BCUT2D eigenvalue weighted by molar-refractivity contribution is 0.332. The van der Waals surface area contributed by atoms with Gasteiger partial charge in [0.05, 0.1) is 11.1 Å². The smallest absolute Gasteiger partial charge is 0.0726 e. The molecule has 8 aromatic carbocycles. The second-order valence-electron chi connectivity index (χ2n) is 21.7. The van der Waals surface area contributed by atoms with Crippen molar-refractivity contribution in [2.45, 2.75) is 102 Å². The minimum atomic E-state index is -0.461. The molecule has 0 amide bonds. The Morgan fingerprint density at radius 1 is 0.354 bits per heavy atom. The Hall–Kier alpha value is -6.44. The van der Waals surface area contributed by atoms with Crippen molar-refractivity contribution in [2.24, 2.45) is 0 Å². The lowest BCUT2D eigenvalue weighted by atomic mass is 9.63. The third kappa shape index (κ3) is 5.33. The van der Waals surface area contributed by atoms with E-state index in [0.29, 0.717) is 0 Å². The summed E-state index contributed by atoms with van der Waals surface area (Å²) in [5, 5.41) is 0. The highest BCUT2D eigenvalue weighted by atomic mass is 15.1. The van der Waals surface area contributed by atoms with E-state index in [1.54, 1.807) is 0 Å². The maximum Gasteiger partial charge on any atom is 0.0726 e.